The molecular formula is C21H23NO4. The van der Waals surface area contributed by atoms with Crippen LogP contribution in [0.25, 0.3) is 0 Å². The number of nitrogens with one attached hydrogen (secondary N) is 1. The third kappa shape index (κ3) is 4.85. The van der Waals surface area contributed by atoms with Crippen LogP contribution in [-0.4, -0.2) is 18.0 Å². The molecule has 1 aliphatic carbocycles. The number of esters is 1. The zero-order valence-corrected chi connectivity index (χ0v) is 14.8. The van der Waals surface area contributed by atoms with Crippen molar-refractivity contribution in [2.24, 2.45) is 5.92 Å². The van der Waals surface area contributed by atoms with Crippen molar-refractivity contribution in [2.75, 3.05) is 5.32 Å². The van der Waals surface area contributed by atoms with Crippen molar-refractivity contribution in [3.05, 3.63) is 60.2 Å². The lowest BCUT2D eigenvalue weighted by atomic mass is 9.86. The molecule has 2 aromatic carbocycles. The van der Waals surface area contributed by atoms with E-state index < -0.39 is 6.10 Å². The van der Waals surface area contributed by atoms with Crippen molar-refractivity contribution in [1.29, 1.82) is 0 Å². The Morgan fingerprint density at radius 1 is 1.08 bits per heavy atom. The Bertz CT molecular complexity index is 738. The van der Waals surface area contributed by atoms with E-state index in [2.05, 4.69) is 5.32 Å². The predicted octanol–water partition coefficient (Wildman–Crippen LogP) is 3.94. The zero-order chi connectivity index (χ0) is 18.4. The number of carbonyl (C=O) groups is 2. The number of benzene rings is 2. The molecule has 3 rings (SSSR count). The molecule has 5 heteroatoms. The number of ether oxygens (including phenoxy) is 2. The van der Waals surface area contributed by atoms with Crippen LogP contribution in [0.1, 0.15) is 31.7 Å². The Labute approximate surface area is 153 Å². The van der Waals surface area contributed by atoms with E-state index in [1.54, 1.807) is 31.2 Å². The SMILES string of the molecule is C[C@H](OC(=O)C1CCC1)C(=O)Nc1ccc(OCc2ccccc2)cc1. The summed E-state index contributed by atoms with van der Waals surface area (Å²) in [5.74, 6) is 0.0711. The number of carbonyl (C=O) groups excluding carboxylic acids is 2. The molecule has 26 heavy (non-hydrogen) atoms. The first kappa shape index (κ1) is 18.0. The molecule has 1 N–H and O–H groups in total. The molecule has 0 aliphatic heterocycles. The largest absolute Gasteiger partial charge is 0.489 e. The Morgan fingerprint density at radius 3 is 2.38 bits per heavy atom. The molecule has 1 saturated carbocycles. The molecule has 5 nitrogen and oxygen atoms in total. The fourth-order valence-electron chi connectivity index (χ4n) is 2.59. The van der Waals surface area contributed by atoms with Gasteiger partial charge in [-0.05, 0) is 49.6 Å². The molecule has 0 radical (unpaired) electrons. The average Bonchev–Trinajstić information content (AvgIpc) is 2.60. The van der Waals surface area contributed by atoms with Gasteiger partial charge in [-0.1, -0.05) is 36.8 Å². The van der Waals surface area contributed by atoms with Gasteiger partial charge in [-0.2, -0.15) is 0 Å². The first-order valence-corrected chi connectivity index (χ1v) is 8.90. The van der Waals surface area contributed by atoms with Gasteiger partial charge in [-0.15, -0.1) is 0 Å². The van der Waals surface area contributed by atoms with E-state index in [1.165, 1.54) is 0 Å². The van der Waals surface area contributed by atoms with Gasteiger partial charge in [-0.3, -0.25) is 9.59 Å². The van der Waals surface area contributed by atoms with E-state index in [4.69, 9.17) is 9.47 Å². The summed E-state index contributed by atoms with van der Waals surface area (Å²) in [4.78, 5) is 24.0. The van der Waals surface area contributed by atoms with Gasteiger partial charge >= 0.3 is 5.97 Å². The summed E-state index contributed by atoms with van der Waals surface area (Å²) < 4.78 is 10.9. The van der Waals surface area contributed by atoms with Crippen molar-refractivity contribution in [3.63, 3.8) is 0 Å². The second-order valence-corrected chi connectivity index (χ2v) is 6.49. The normalized spacial score (nSPS) is 14.8. The van der Waals surface area contributed by atoms with Crippen molar-refractivity contribution >= 4 is 17.6 Å². The summed E-state index contributed by atoms with van der Waals surface area (Å²) in [5.41, 5.74) is 1.72. The lowest BCUT2D eigenvalue weighted by Crippen LogP contribution is -2.34. The highest BCUT2D eigenvalue weighted by atomic mass is 16.5. The van der Waals surface area contributed by atoms with E-state index in [0.29, 0.717) is 12.3 Å². The number of rotatable bonds is 7. The molecule has 1 aliphatic rings. The van der Waals surface area contributed by atoms with Crippen molar-refractivity contribution in [2.45, 2.75) is 38.9 Å². The lowest BCUT2D eigenvalue weighted by Gasteiger charge is -2.24. The van der Waals surface area contributed by atoms with E-state index in [0.717, 1.165) is 30.6 Å². The first-order chi connectivity index (χ1) is 12.6. The van der Waals surface area contributed by atoms with Gasteiger partial charge in [0.15, 0.2) is 6.10 Å². The second kappa shape index (κ2) is 8.52. The molecule has 0 saturated heterocycles. The van der Waals surface area contributed by atoms with Gasteiger partial charge in [0.2, 0.25) is 0 Å². The minimum atomic E-state index is -0.808. The maximum atomic E-state index is 12.2. The topological polar surface area (TPSA) is 64.6 Å². The number of hydrogen-bond donors (Lipinski definition) is 1. The van der Waals surface area contributed by atoms with Gasteiger partial charge in [0.1, 0.15) is 12.4 Å². The highest BCUT2D eigenvalue weighted by Gasteiger charge is 2.29. The highest BCUT2D eigenvalue weighted by molar-refractivity contribution is 5.95. The summed E-state index contributed by atoms with van der Waals surface area (Å²) in [7, 11) is 0. The van der Waals surface area contributed by atoms with Crippen LogP contribution >= 0.6 is 0 Å². The minimum absolute atomic E-state index is 0.0358. The fourth-order valence-corrected chi connectivity index (χ4v) is 2.59. The van der Waals surface area contributed by atoms with Crippen LogP contribution in [0, 0.1) is 5.92 Å². The van der Waals surface area contributed by atoms with E-state index >= 15 is 0 Å². The van der Waals surface area contributed by atoms with Gasteiger partial charge in [0, 0.05) is 5.69 Å². The van der Waals surface area contributed by atoms with Gasteiger partial charge in [0.25, 0.3) is 5.91 Å². The quantitative estimate of drug-likeness (QED) is 0.766. The first-order valence-electron chi connectivity index (χ1n) is 8.90. The lowest BCUT2D eigenvalue weighted by molar-refractivity contribution is -0.159. The molecular weight excluding hydrogens is 330 g/mol. The molecule has 1 fully saturated rings. The molecule has 1 atom stereocenters. The monoisotopic (exact) mass is 353 g/mol. The number of amides is 1. The van der Waals surface area contributed by atoms with E-state index in [1.807, 2.05) is 30.3 Å². The summed E-state index contributed by atoms with van der Waals surface area (Å²) in [5, 5.41) is 2.75. The van der Waals surface area contributed by atoms with Crippen molar-refractivity contribution < 1.29 is 19.1 Å². The summed E-state index contributed by atoms with van der Waals surface area (Å²) in [6.45, 7) is 2.07. The maximum Gasteiger partial charge on any atom is 0.309 e. The summed E-state index contributed by atoms with van der Waals surface area (Å²) in [6.07, 6.45) is 1.96. The predicted molar refractivity (Wildman–Crippen MR) is 98.7 cm³/mol. The van der Waals surface area contributed by atoms with Crippen LogP contribution in [0.4, 0.5) is 5.69 Å². The maximum absolute atomic E-state index is 12.2. The Morgan fingerprint density at radius 2 is 1.77 bits per heavy atom. The van der Waals surface area contributed by atoms with Crippen LogP contribution in [0.3, 0.4) is 0 Å². The van der Waals surface area contributed by atoms with Crippen molar-refractivity contribution in [3.8, 4) is 5.75 Å². The van der Waals surface area contributed by atoms with Crippen LogP contribution in [-0.2, 0) is 20.9 Å². The van der Waals surface area contributed by atoms with Crippen molar-refractivity contribution in [1.82, 2.24) is 0 Å². The second-order valence-electron chi connectivity index (χ2n) is 6.49. The average molecular weight is 353 g/mol. The molecule has 0 spiro atoms. The van der Waals surface area contributed by atoms with E-state index in [-0.39, 0.29) is 17.8 Å². The van der Waals surface area contributed by atoms with Gasteiger partial charge in [0.05, 0.1) is 5.92 Å². The fraction of sp³-hybridized carbons (Fsp3) is 0.333. The molecule has 1 amide bonds. The standard InChI is InChI=1S/C21H23NO4/c1-15(26-21(24)17-8-5-9-17)20(23)22-18-10-12-19(13-11-18)25-14-16-6-3-2-4-7-16/h2-4,6-7,10-13,15,17H,5,8-9,14H2,1H3,(H,22,23)/t15-/m0/s1. The van der Waals surface area contributed by atoms with Crippen LogP contribution in [0.5, 0.6) is 5.75 Å². The molecule has 0 aromatic heterocycles. The Balaban J connectivity index is 1.47. The number of anilines is 1. The minimum Gasteiger partial charge on any atom is -0.489 e. The number of hydrogen-bond acceptors (Lipinski definition) is 4. The summed E-state index contributed by atoms with van der Waals surface area (Å²) in [6, 6.07) is 17.0. The third-order valence-corrected chi connectivity index (χ3v) is 4.47. The molecule has 0 unspecified atom stereocenters. The highest BCUT2D eigenvalue weighted by Crippen LogP contribution is 2.28. The third-order valence-electron chi connectivity index (χ3n) is 4.47. The Kier molecular flexibility index (Phi) is 5.89. The molecule has 0 bridgehead atoms. The smallest absolute Gasteiger partial charge is 0.309 e. The molecule has 136 valence electrons. The van der Waals surface area contributed by atoms with Gasteiger partial charge < -0.3 is 14.8 Å². The zero-order valence-electron chi connectivity index (χ0n) is 14.8. The summed E-state index contributed by atoms with van der Waals surface area (Å²) >= 11 is 0. The molecule has 0 heterocycles. The Hall–Kier alpha value is -2.82. The molecule has 2 aromatic rings. The van der Waals surface area contributed by atoms with Gasteiger partial charge in [-0.25, -0.2) is 0 Å². The van der Waals surface area contributed by atoms with Crippen LogP contribution < -0.4 is 10.1 Å². The van der Waals surface area contributed by atoms with Crippen LogP contribution in [0.15, 0.2) is 54.6 Å². The van der Waals surface area contributed by atoms with E-state index in [9.17, 15) is 9.59 Å². The van der Waals surface area contributed by atoms with Crippen LogP contribution in [0.2, 0.25) is 0 Å².